The zero-order valence-electron chi connectivity index (χ0n) is 38.5. The van der Waals surface area contributed by atoms with Gasteiger partial charge in [0, 0.05) is 6.42 Å². The number of rotatable bonds is 43. The molecule has 0 fully saturated rings. The van der Waals surface area contributed by atoms with Crippen molar-refractivity contribution in [3.8, 4) is 0 Å². The van der Waals surface area contributed by atoms with E-state index in [9.17, 15) is 19.4 Å². The van der Waals surface area contributed by atoms with Crippen LogP contribution in [0.15, 0.2) is 48.6 Å². The molecule has 3 atom stereocenters. The van der Waals surface area contributed by atoms with Crippen molar-refractivity contribution in [3.63, 3.8) is 0 Å². The van der Waals surface area contributed by atoms with Crippen LogP contribution in [-0.4, -0.2) is 68.5 Å². The third-order valence-corrected chi connectivity index (χ3v) is 11.5. The lowest BCUT2D eigenvalue weighted by atomic mass is 10.0. The van der Waals surface area contributed by atoms with E-state index in [1.165, 1.54) is 148 Å². The van der Waals surface area contributed by atoms with Gasteiger partial charge in [0.25, 0.3) is 7.82 Å². The Kier molecular flexibility index (Phi) is 39.8. The first-order valence-corrected chi connectivity index (χ1v) is 25.5. The zero-order valence-corrected chi connectivity index (χ0v) is 39.4. The van der Waals surface area contributed by atoms with E-state index in [4.69, 9.17) is 9.05 Å². The first-order chi connectivity index (χ1) is 28.0. The highest BCUT2D eigenvalue weighted by Crippen LogP contribution is 2.38. The normalized spacial score (nSPS) is 14.7. The number of hydrogen-bond donors (Lipinski definition) is 2. The number of quaternary nitrogens is 1. The van der Waals surface area contributed by atoms with Crippen LogP contribution in [0, 0.1) is 0 Å². The number of likely N-dealkylation sites (N-methyl/N-ethyl adjacent to an activating group) is 1. The molecule has 0 heterocycles. The molecular weight excluding hydrogens is 744 g/mol. The predicted octanol–water partition coefficient (Wildman–Crippen LogP) is 13.0. The van der Waals surface area contributed by atoms with Gasteiger partial charge >= 0.3 is 0 Å². The maximum absolute atomic E-state index is 12.8. The van der Waals surface area contributed by atoms with E-state index < -0.39 is 26.6 Å². The molecule has 0 aromatic rings. The molecule has 0 bridgehead atoms. The number of carbonyl (C=O) groups excluding carboxylic acids is 1. The summed E-state index contributed by atoms with van der Waals surface area (Å²) < 4.78 is 23.2. The molecule has 0 radical (unpaired) electrons. The van der Waals surface area contributed by atoms with Gasteiger partial charge in [0.05, 0.1) is 39.9 Å². The molecule has 0 aliphatic rings. The topological polar surface area (TPSA) is 108 Å². The second kappa shape index (κ2) is 40.8. The number of carbonyl (C=O) groups is 1. The van der Waals surface area contributed by atoms with Crippen molar-refractivity contribution in [2.24, 2.45) is 0 Å². The number of aliphatic hydroxyl groups is 1. The van der Waals surface area contributed by atoms with Crippen molar-refractivity contribution < 1.29 is 32.9 Å². The molecule has 0 aliphatic carbocycles. The maximum atomic E-state index is 12.8. The highest BCUT2D eigenvalue weighted by molar-refractivity contribution is 7.45. The van der Waals surface area contributed by atoms with Crippen LogP contribution < -0.4 is 10.2 Å². The van der Waals surface area contributed by atoms with Crippen LogP contribution in [0.4, 0.5) is 0 Å². The summed E-state index contributed by atoms with van der Waals surface area (Å²) in [6, 6.07) is -0.933. The fourth-order valence-electron chi connectivity index (χ4n) is 6.69. The van der Waals surface area contributed by atoms with Gasteiger partial charge in [-0.2, -0.15) is 0 Å². The van der Waals surface area contributed by atoms with Gasteiger partial charge in [-0.1, -0.05) is 197 Å². The Morgan fingerprint density at radius 1 is 0.603 bits per heavy atom. The van der Waals surface area contributed by atoms with E-state index in [0.29, 0.717) is 17.4 Å². The Bertz CT molecular complexity index is 1090. The van der Waals surface area contributed by atoms with Gasteiger partial charge in [0.1, 0.15) is 13.2 Å². The van der Waals surface area contributed by atoms with Crippen molar-refractivity contribution in [1.29, 1.82) is 0 Å². The number of unbranched alkanes of at least 4 members (excludes halogenated alkanes) is 24. The number of aliphatic hydroxyl groups excluding tert-OH is 1. The summed E-state index contributed by atoms with van der Waals surface area (Å²) in [6.45, 7) is 4.57. The van der Waals surface area contributed by atoms with Crippen LogP contribution >= 0.6 is 7.82 Å². The van der Waals surface area contributed by atoms with Crippen molar-refractivity contribution in [3.05, 3.63) is 48.6 Å². The van der Waals surface area contributed by atoms with Crippen LogP contribution in [-0.2, 0) is 18.4 Å². The van der Waals surface area contributed by atoms with Crippen LogP contribution in [0.3, 0.4) is 0 Å². The van der Waals surface area contributed by atoms with Gasteiger partial charge in [-0.05, 0) is 51.4 Å². The number of allylic oxidation sites excluding steroid dienone is 7. The second-order valence-corrected chi connectivity index (χ2v) is 18.9. The largest absolute Gasteiger partial charge is 0.756 e. The minimum Gasteiger partial charge on any atom is -0.756 e. The molecule has 0 saturated heterocycles. The molecule has 340 valence electrons. The third kappa shape index (κ3) is 42.6. The van der Waals surface area contributed by atoms with Crippen LogP contribution in [0.5, 0.6) is 0 Å². The molecular formula is C49H93N2O6P. The number of phosphoric ester groups is 1. The minimum atomic E-state index is -4.61. The lowest BCUT2D eigenvalue weighted by Crippen LogP contribution is -2.45. The number of phosphoric acid groups is 1. The van der Waals surface area contributed by atoms with E-state index in [2.05, 4.69) is 49.5 Å². The molecule has 0 aliphatic heterocycles. The summed E-state index contributed by atoms with van der Waals surface area (Å²) >= 11 is 0. The summed E-state index contributed by atoms with van der Waals surface area (Å²) in [5.41, 5.74) is 0. The monoisotopic (exact) mass is 837 g/mol. The fourth-order valence-corrected chi connectivity index (χ4v) is 7.41. The molecule has 0 spiro atoms. The lowest BCUT2D eigenvalue weighted by molar-refractivity contribution is -0.870. The van der Waals surface area contributed by atoms with Crippen molar-refractivity contribution >= 4 is 13.7 Å². The summed E-state index contributed by atoms with van der Waals surface area (Å²) in [5, 5.41) is 13.7. The summed E-state index contributed by atoms with van der Waals surface area (Å²) in [6.07, 6.45) is 51.9. The molecule has 2 N–H and O–H groups in total. The average molecular weight is 837 g/mol. The van der Waals surface area contributed by atoms with Gasteiger partial charge in [0.15, 0.2) is 0 Å². The molecule has 8 nitrogen and oxygen atoms in total. The molecule has 3 unspecified atom stereocenters. The molecule has 1 amide bonds. The van der Waals surface area contributed by atoms with Crippen LogP contribution in [0.2, 0.25) is 0 Å². The molecule has 0 aromatic carbocycles. The molecule has 9 heteroatoms. The van der Waals surface area contributed by atoms with Crippen molar-refractivity contribution in [2.75, 3.05) is 40.9 Å². The highest BCUT2D eigenvalue weighted by atomic mass is 31.2. The van der Waals surface area contributed by atoms with E-state index in [0.717, 1.165) is 32.1 Å². The van der Waals surface area contributed by atoms with Gasteiger partial charge < -0.3 is 28.8 Å². The quantitative estimate of drug-likeness (QED) is 0.0274. The van der Waals surface area contributed by atoms with E-state index >= 15 is 0 Å². The zero-order chi connectivity index (χ0) is 42.8. The van der Waals surface area contributed by atoms with Crippen molar-refractivity contribution in [2.45, 2.75) is 219 Å². The molecule has 0 rings (SSSR count). The smallest absolute Gasteiger partial charge is 0.268 e. The summed E-state index contributed by atoms with van der Waals surface area (Å²) in [5.74, 6) is -0.275. The summed E-state index contributed by atoms with van der Waals surface area (Å²) in [4.78, 5) is 25.3. The average Bonchev–Trinajstić information content (AvgIpc) is 3.17. The maximum Gasteiger partial charge on any atom is 0.268 e. The Morgan fingerprint density at radius 2 is 1.02 bits per heavy atom. The second-order valence-electron chi connectivity index (χ2n) is 17.5. The first kappa shape index (κ1) is 56.5. The van der Waals surface area contributed by atoms with E-state index in [-0.39, 0.29) is 18.9 Å². The third-order valence-electron chi connectivity index (χ3n) is 10.5. The lowest BCUT2D eigenvalue weighted by Gasteiger charge is -2.29. The Morgan fingerprint density at radius 3 is 1.50 bits per heavy atom. The van der Waals surface area contributed by atoms with E-state index in [1.807, 2.05) is 33.3 Å². The number of amides is 1. The molecule has 0 saturated carbocycles. The highest BCUT2D eigenvalue weighted by Gasteiger charge is 2.23. The standard InChI is InChI=1S/C49H93N2O6P/c1-6-8-10-12-14-16-18-20-21-22-23-24-25-26-27-28-29-31-32-34-36-38-40-42-48(52)47(46-57-58(54,55)56-45-44-51(3,4)5)50-49(53)43-41-39-37-35-33-30-19-17-15-13-11-9-7-2/h30,32-34,37,39-40,42,47-48,52H,6-29,31,35-36,38,41,43-46H2,1-5H3,(H-,50,53,54,55)/b33-30-,34-32+,39-37-,42-40+. The Labute approximate surface area is 359 Å². The van der Waals surface area contributed by atoms with Gasteiger partial charge in [-0.25, -0.2) is 0 Å². The number of nitrogens with one attached hydrogen (secondary N) is 1. The molecule has 0 aromatic heterocycles. The molecule has 58 heavy (non-hydrogen) atoms. The predicted molar refractivity (Wildman–Crippen MR) is 247 cm³/mol. The minimum absolute atomic E-state index is 0.0165. The van der Waals surface area contributed by atoms with Gasteiger partial charge in [-0.15, -0.1) is 0 Å². The van der Waals surface area contributed by atoms with Crippen LogP contribution in [0.25, 0.3) is 0 Å². The van der Waals surface area contributed by atoms with Crippen molar-refractivity contribution in [1.82, 2.24) is 5.32 Å². The first-order valence-electron chi connectivity index (χ1n) is 24.0. The Balaban J connectivity index is 4.41. The summed E-state index contributed by atoms with van der Waals surface area (Å²) in [7, 11) is 1.21. The van der Waals surface area contributed by atoms with Gasteiger partial charge in [0.2, 0.25) is 5.91 Å². The fraction of sp³-hybridized carbons (Fsp3) is 0.816. The van der Waals surface area contributed by atoms with E-state index in [1.54, 1.807) is 6.08 Å². The Hall–Kier alpha value is -1.54. The van der Waals surface area contributed by atoms with Crippen LogP contribution in [0.1, 0.15) is 206 Å². The SMILES string of the molecule is CCCCCCCC/C=C\C/C=C\CCC(=O)NC(COP(=O)([O-])OCC[N+](C)(C)C)C(O)/C=C/CC/C=C/CCCCCCCCCCCCCCCCCCC. The number of nitrogens with zero attached hydrogens (tertiary/aromatic N) is 1. The number of hydrogen-bond acceptors (Lipinski definition) is 6. The van der Waals surface area contributed by atoms with Gasteiger partial charge in [-0.3, -0.25) is 9.36 Å².